The largest absolute Gasteiger partial charge is 0.395 e. The summed E-state index contributed by atoms with van der Waals surface area (Å²) in [5.74, 6) is 1.71. The summed E-state index contributed by atoms with van der Waals surface area (Å²) in [7, 11) is 2.12. The lowest BCUT2D eigenvalue weighted by Gasteiger charge is -2.34. The van der Waals surface area contributed by atoms with Gasteiger partial charge in [0.05, 0.1) is 12.1 Å². The molecule has 1 aromatic heterocycles. The van der Waals surface area contributed by atoms with Gasteiger partial charge in [-0.3, -0.25) is 0 Å². The quantitative estimate of drug-likeness (QED) is 0.912. The number of likely N-dealkylation sites (tertiary alicyclic amines) is 1. The number of fused-ring (bicyclic) bond motifs is 1. The molecule has 1 aliphatic heterocycles. The Morgan fingerprint density at radius 3 is 2.77 bits per heavy atom. The SMILES string of the molecule is CN(CC1CCN(CCO)CC1)c1ncnc2ccccc12. The van der Waals surface area contributed by atoms with Gasteiger partial charge in [-0.05, 0) is 44.0 Å². The molecule has 1 aromatic carbocycles. The zero-order valence-electron chi connectivity index (χ0n) is 13.1. The van der Waals surface area contributed by atoms with Crippen molar-refractivity contribution in [3.8, 4) is 0 Å². The van der Waals surface area contributed by atoms with Gasteiger partial charge in [-0.2, -0.15) is 0 Å². The Hall–Kier alpha value is -1.72. The fourth-order valence-electron chi connectivity index (χ4n) is 3.30. The van der Waals surface area contributed by atoms with Crippen molar-refractivity contribution >= 4 is 16.7 Å². The number of hydrogen-bond donors (Lipinski definition) is 1. The zero-order valence-corrected chi connectivity index (χ0v) is 13.1. The second-order valence-corrected chi connectivity index (χ2v) is 6.10. The molecule has 2 heterocycles. The monoisotopic (exact) mass is 300 g/mol. The Labute approximate surface area is 131 Å². The fraction of sp³-hybridized carbons (Fsp3) is 0.529. The van der Waals surface area contributed by atoms with Crippen molar-refractivity contribution in [2.45, 2.75) is 12.8 Å². The molecule has 5 heteroatoms. The van der Waals surface area contributed by atoms with Crippen molar-refractivity contribution in [3.63, 3.8) is 0 Å². The molecule has 0 spiro atoms. The van der Waals surface area contributed by atoms with Crippen LogP contribution in [-0.4, -0.2) is 59.8 Å². The number of aliphatic hydroxyl groups excluding tert-OH is 1. The maximum Gasteiger partial charge on any atom is 0.139 e. The second kappa shape index (κ2) is 7.03. The van der Waals surface area contributed by atoms with E-state index in [1.807, 2.05) is 18.2 Å². The third-order valence-corrected chi connectivity index (χ3v) is 4.54. The van der Waals surface area contributed by atoms with E-state index >= 15 is 0 Å². The number of anilines is 1. The number of benzene rings is 1. The molecule has 0 saturated carbocycles. The molecule has 0 radical (unpaired) electrons. The molecule has 0 atom stereocenters. The predicted octanol–water partition coefficient (Wildman–Crippen LogP) is 1.77. The summed E-state index contributed by atoms with van der Waals surface area (Å²) in [6.45, 7) is 4.26. The molecule has 2 aromatic rings. The molecule has 5 nitrogen and oxygen atoms in total. The molecule has 1 aliphatic rings. The molecular weight excluding hydrogens is 276 g/mol. The molecule has 0 unspecified atom stereocenters. The van der Waals surface area contributed by atoms with Gasteiger partial charge in [-0.1, -0.05) is 12.1 Å². The Bertz CT molecular complexity index is 605. The van der Waals surface area contributed by atoms with Crippen LogP contribution < -0.4 is 4.90 Å². The number of aliphatic hydroxyl groups is 1. The van der Waals surface area contributed by atoms with E-state index in [9.17, 15) is 0 Å². The fourth-order valence-corrected chi connectivity index (χ4v) is 3.30. The van der Waals surface area contributed by atoms with E-state index in [1.54, 1.807) is 6.33 Å². The van der Waals surface area contributed by atoms with E-state index in [0.29, 0.717) is 5.92 Å². The summed E-state index contributed by atoms with van der Waals surface area (Å²) in [5.41, 5.74) is 0.997. The van der Waals surface area contributed by atoms with E-state index in [2.05, 4.69) is 32.9 Å². The van der Waals surface area contributed by atoms with Gasteiger partial charge < -0.3 is 14.9 Å². The Balaban J connectivity index is 1.66. The lowest BCUT2D eigenvalue weighted by molar-refractivity contribution is 0.149. The maximum atomic E-state index is 9.02. The van der Waals surface area contributed by atoms with E-state index in [0.717, 1.165) is 42.9 Å². The first kappa shape index (κ1) is 15.2. The molecule has 1 N–H and O–H groups in total. The first-order valence-corrected chi connectivity index (χ1v) is 8.02. The van der Waals surface area contributed by atoms with Crippen molar-refractivity contribution in [3.05, 3.63) is 30.6 Å². The summed E-state index contributed by atoms with van der Waals surface area (Å²) in [6, 6.07) is 8.17. The van der Waals surface area contributed by atoms with Gasteiger partial charge in [0.25, 0.3) is 0 Å². The molecular formula is C17H24N4O. The molecule has 0 aliphatic carbocycles. The molecule has 0 amide bonds. The number of para-hydroxylation sites is 1. The summed E-state index contributed by atoms with van der Waals surface area (Å²) in [4.78, 5) is 13.4. The van der Waals surface area contributed by atoms with Gasteiger partial charge in [0.15, 0.2) is 0 Å². The highest BCUT2D eigenvalue weighted by Crippen LogP contribution is 2.24. The van der Waals surface area contributed by atoms with Crippen molar-refractivity contribution in [2.24, 2.45) is 5.92 Å². The van der Waals surface area contributed by atoms with Crippen LogP contribution in [0.2, 0.25) is 0 Å². The number of β-amino-alcohol motifs (C(OH)–C–C–N with tert-alkyl or cyclic N) is 1. The zero-order chi connectivity index (χ0) is 15.4. The van der Waals surface area contributed by atoms with Crippen LogP contribution in [0.5, 0.6) is 0 Å². The van der Waals surface area contributed by atoms with Crippen LogP contribution in [0, 0.1) is 5.92 Å². The lowest BCUT2D eigenvalue weighted by atomic mass is 9.96. The minimum Gasteiger partial charge on any atom is -0.395 e. The van der Waals surface area contributed by atoms with E-state index in [4.69, 9.17) is 5.11 Å². The van der Waals surface area contributed by atoms with Crippen LogP contribution in [0.3, 0.4) is 0 Å². The van der Waals surface area contributed by atoms with Crippen molar-refractivity contribution in [2.75, 3.05) is 44.7 Å². The second-order valence-electron chi connectivity index (χ2n) is 6.10. The summed E-state index contributed by atoms with van der Waals surface area (Å²) in [5, 5.41) is 10.1. The number of nitrogens with zero attached hydrogens (tertiary/aromatic N) is 4. The first-order chi connectivity index (χ1) is 10.8. The third kappa shape index (κ3) is 3.36. The van der Waals surface area contributed by atoms with Gasteiger partial charge in [0, 0.05) is 25.5 Å². The maximum absolute atomic E-state index is 9.02. The number of aromatic nitrogens is 2. The van der Waals surface area contributed by atoms with E-state index in [1.165, 1.54) is 12.8 Å². The highest BCUT2D eigenvalue weighted by molar-refractivity contribution is 5.89. The number of hydrogen-bond acceptors (Lipinski definition) is 5. The number of piperidine rings is 1. The smallest absolute Gasteiger partial charge is 0.139 e. The molecule has 1 fully saturated rings. The summed E-state index contributed by atoms with van der Waals surface area (Å²) in [6.07, 6.45) is 4.03. The molecule has 0 bridgehead atoms. The van der Waals surface area contributed by atoms with Crippen LogP contribution in [-0.2, 0) is 0 Å². The third-order valence-electron chi connectivity index (χ3n) is 4.54. The topological polar surface area (TPSA) is 52.5 Å². The van der Waals surface area contributed by atoms with Crippen molar-refractivity contribution < 1.29 is 5.11 Å². The van der Waals surface area contributed by atoms with Crippen LogP contribution in [0.25, 0.3) is 10.9 Å². The summed E-state index contributed by atoms with van der Waals surface area (Å²) < 4.78 is 0. The Morgan fingerprint density at radius 2 is 2.00 bits per heavy atom. The molecule has 22 heavy (non-hydrogen) atoms. The minimum absolute atomic E-state index is 0.261. The van der Waals surface area contributed by atoms with Gasteiger partial charge in [0.1, 0.15) is 12.1 Å². The highest BCUT2D eigenvalue weighted by Gasteiger charge is 2.21. The Morgan fingerprint density at radius 1 is 1.23 bits per heavy atom. The van der Waals surface area contributed by atoms with Gasteiger partial charge >= 0.3 is 0 Å². The average Bonchev–Trinajstić information content (AvgIpc) is 2.56. The molecule has 1 saturated heterocycles. The van der Waals surface area contributed by atoms with Crippen LogP contribution in [0.15, 0.2) is 30.6 Å². The standard InChI is InChI=1S/C17H24N4O/c1-20(12-14-6-8-21(9-7-14)10-11-22)17-15-4-2-3-5-16(15)18-13-19-17/h2-5,13-14,22H,6-12H2,1H3. The van der Waals surface area contributed by atoms with Crippen molar-refractivity contribution in [1.29, 1.82) is 0 Å². The molecule has 118 valence electrons. The number of rotatable bonds is 5. The van der Waals surface area contributed by atoms with Crippen LogP contribution in [0.1, 0.15) is 12.8 Å². The average molecular weight is 300 g/mol. The Kier molecular flexibility index (Phi) is 4.85. The van der Waals surface area contributed by atoms with Gasteiger partial charge in [-0.25, -0.2) is 9.97 Å². The predicted molar refractivity (Wildman–Crippen MR) is 89.1 cm³/mol. The highest BCUT2D eigenvalue weighted by atomic mass is 16.3. The molecule has 3 rings (SSSR count). The van der Waals surface area contributed by atoms with E-state index in [-0.39, 0.29) is 6.61 Å². The normalized spacial score (nSPS) is 17.0. The van der Waals surface area contributed by atoms with Gasteiger partial charge in [-0.15, -0.1) is 0 Å². The first-order valence-electron chi connectivity index (χ1n) is 8.02. The summed E-state index contributed by atoms with van der Waals surface area (Å²) >= 11 is 0. The minimum atomic E-state index is 0.261. The van der Waals surface area contributed by atoms with Crippen molar-refractivity contribution in [1.82, 2.24) is 14.9 Å². The van der Waals surface area contributed by atoms with Crippen LogP contribution in [0.4, 0.5) is 5.82 Å². The van der Waals surface area contributed by atoms with Gasteiger partial charge in [0.2, 0.25) is 0 Å². The lowest BCUT2D eigenvalue weighted by Crippen LogP contribution is -2.39. The van der Waals surface area contributed by atoms with E-state index < -0.39 is 0 Å². The van der Waals surface area contributed by atoms with Crippen LogP contribution >= 0.6 is 0 Å².